The molecule has 0 spiro atoms. The Morgan fingerprint density at radius 2 is 1.82 bits per heavy atom. The van der Waals surface area contributed by atoms with Crippen molar-refractivity contribution in [3.05, 3.63) is 30.1 Å². The Labute approximate surface area is 97.2 Å². The number of ether oxygens (including phenoxy) is 2. The van der Waals surface area contributed by atoms with Crippen molar-refractivity contribution in [3.63, 3.8) is 0 Å². The van der Waals surface area contributed by atoms with Gasteiger partial charge in [0.25, 0.3) is 5.88 Å². The van der Waals surface area contributed by atoms with Crippen molar-refractivity contribution in [2.45, 2.75) is 0 Å². The highest BCUT2D eigenvalue weighted by Crippen LogP contribution is 2.34. The highest BCUT2D eigenvalue weighted by molar-refractivity contribution is 5.68. The third-order valence-corrected chi connectivity index (χ3v) is 2.22. The number of rotatable bonds is 3. The van der Waals surface area contributed by atoms with E-state index in [0.717, 1.165) is 0 Å². The van der Waals surface area contributed by atoms with E-state index in [4.69, 9.17) is 9.47 Å². The number of hydrogen-bond acceptors (Lipinski definition) is 5. The fourth-order valence-electron chi connectivity index (χ4n) is 1.45. The largest absolute Gasteiger partial charge is 0.490 e. The van der Waals surface area contributed by atoms with Crippen LogP contribution in [-0.2, 0) is 0 Å². The number of halogens is 1. The van der Waals surface area contributed by atoms with Crippen LogP contribution in [0.3, 0.4) is 0 Å². The summed E-state index contributed by atoms with van der Waals surface area (Å²) >= 11 is 0. The summed E-state index contributed by atoms with van der Waals surface area (Å²) in [5.74, 6) is 0.0155. The van der Waals surface area contributed by atoms with E-state index < -0.39 is 5.82 Å². The average molecular weight is 235 g/mol. The first-order valence-corrected chi connectivity index (χ1v) is 4.84. The summed E-state index contributed by atoms with van der Waals surface area (Å²) in [5, 5.41) is 10.9. The maximum atomic E-state index is 13.6. The zero-order valence-corrected chi connectivity index (χ0v) is 9.35. The summed E-state index contributed by atoms with van der Waals surface area (Å²) in [5.41, 5.74) is 0.551. The van der Waals surface area contributed by atoms with Crippen molar-refractivity contribution in [2.75, 3.05) is 14.2 Å². The van der Waals surface area contributed by atoms with Gasteiger partial charge in [-0.25, -0.2) is 4.39 Å². The second-order valence-corrected chi connectivity index (χ2v) is 3.16. The van der Waals surface area contributed by atoms with E-state index in [0.29, 0.717) is 0 Å². The molecule has 1 aromatic heterocycles. The quantitative estimate of drug-likeness (QED) is 0.810. The van der Waals surface area contributed by atoms with Gasteiger partial charge in [-0.15, -0.1) is 5.10 Å². The number of hydrogen-bond donors (Lipinski definition) is 0. The molecule has 6 heteroatoms. The molecule has 0 saturated carbocycles. The Morgan fingerprint density at radius 1 is 1.06 bits per heavy atom. The number of benzene rings is 1. The SMILES string of the molecule is COc1nnnc(-c2ccccc2F)c1OC. The van der Waals surface area contributed by atoms with Gasteiger partial charge >= 0.3 is 0 Å². The van der Waals surface area contributed by atoms with Crippen molar-refractivity contribution >= 4 is 0 Å². The Bertz CT molecular complexity index is 534. The number of aromatic nitrogens is 3. The van der Waals surface area contributed by atoms with E-state index in [9.17, 15) is 4.39 Å². The lowest BCUT2D eigenvalue weighted by Gasteiger charge is -2.09. The Balaban J connectivity index is 2.63. The second kappa shape index (κ2) is 4.73. The molecule has 0 unspecified atom stereocenters. The number of methoxy groups -OCH3 is 2. The van der Waals surface area contributed by atoms with Crippen molar-refractivity contribution in [2.24, 2.45) is 0 Å². The Morgan fingerprint density at radius 3 is 2.47 bits per heavy atom. The summed E-state index contributed by atoms with van der Waals surface area (Å²) in [6.07, 6.45) is 0. The standard InChI is InChI=1S/C11H10FN3O2/c1-16-10-9(13-15-14-11(10)17-2)7-5-3-4-6-8(7)12/h3-6H,1-2H3. The van der Waals surface area contributed by atoms with Gasteiger partial charge in [0, 0.05) is 5.56 Å². The molecule has 0 aliphatic rings. The van der Waals surface area contributed by atoms with Crippen LogP contribution in [0.1, 0.15) is 0 Å². The zero-order valence-electron chi connectivity index (χ0n) is 9.35. The molecular formula is C11H10FN3O2. The number of nitrogens with zero attached hydrogens (tertiary/aromatic N) is 3. The molecule has 1 heterocycles. The van der Waals surface area contributed by atoms with E-state index in [2.05, 4.69) is 15.4 Å². The lowest BCUT2D eigenvalue weighted by molar-refractivity contribution is 0.335. The van der Waals surface area contributed by atoms with Crippen molar-refractivity contribution < 1.29 is 13.9 Å². The van der Waals surface area contributed by atoms with Gasteiger partial charge in [-0.3, -0.25) is 0 Å². The van der Waals surface area contributed by atoms with Gasteiger partial charge in [0.05, 0.1) is 14.2 Å². The molecule has 0 fully saturated rings. The summed E-state index contributed by atoms with van der Waals surface area (Å²) in [7, 11) is 2.86. The third-order valence-electron chi connectivity index (χ3n) is 2.22. The lowest BCUT2D eigenvalue weighted by atomic mass is 10.1. The first-order valence-electron chi connectivity index (χ1n) is 4.84. The highest BCUT2D eigenvalue weighted by atomic mass is 19.1. The van der Waals surface area contributed by atoms with Gasteiger partial charge in [0.1, 0.15) is 11.5 Å². The van der Waals surface area contributed by atoms with E-state index in [1.165, 1.54) is 20.3 Å². The fourth-order valence-corrected chi connectivity index (χ4v) is 1.45. The van der Waals surface area contributed by atoms with Gasteiger partial charge in [0.2, 0.25) is 5.75 Å². The normalized spacial score (nSPS) is 10.1. The first kappa shape index (κ1) is 11.3. The molecule has 0 radical (unpaired) electrons. The molecule has 5 nitrogen and oxygen atoms in total. The molecule has 2 aromatic rings. The molecule has 0 aliphatic heterocycles. The van der Waals surface area contributed by atoms with Gasteiger partial charge in [0.15, 0.2) is 0 Å². The molecular weight excluding hydrogens is 225 g/mol. The summed E-state index contributed by atoms with van der Waals surface area (Å²) < 4.78 is 23.7. The van der Waals surface area contributed by atoms with Gasteiger partial charge in [-0.05, 0) is 17.3 Å². The summed E-state index contributed by atoms with van der Waals surface area (Å²) in [4.78, 5) is 0. The highest BCUT2D eigenvalue weighted by Gasteiger charge is 2.17. The maximum Gasteiger partial charge on any atom is 0.280 e. The molecule has 0 aliphatic carbocycles. The van der Waals surface area contributed by atoms with Crippen LogP contribution in [0.15, 0.2) is 24.3 Å². The van der Waals surface area contributed by atoms with Crippen LogP contribution in [-0.4, -0.2) is 29.6 Å². The molecule has 88 valence electrons. The van der Waals surface area contributed by atoms with E-state index in [-0.39, 0.29) is 22.9 Å². The van der Waals surface area contributed by atoms with Crippen molar-refractivity contribution in [3.8, 4) is 22.9 Å². The Kier molecular flexibility index (Phi) is 3.13. The molecule has 17 heavy (non-hydrogen) atoms. The van der Waals surface area contributed by atoms with E-state index in [1.807, 2.05) is 0 Å². The Hall–Kier alpha value is -2.24. The molecule has 0 saturated heterocycles. The third kappa shape index (κ3) is 2.01. The van der Waals surface area contributed by atoms with Crippen LogP contribution in [0.25, 0.3) is 11.3 Å². The van der Waals surface area contributed by atoms with Crippen LogP contribution in [0.4, 0.5) is 4.39 Å². The minimum Gasteiger partial charge on any atom is -0.490 e. The van der Waals surface area contributed by atoms with Gasteiger partial charge in [-0.1, -0.05) is 17.2 Å². The molecule has 0 bridgehead atoms. The minimum atomic E-state index is -0.409. The van der Waals surface area contributed by atoms with Crippen LogP contribution in [0, 0.1) is 5.82 Å². The maximum absolute atomic E-state index is 13.6. The molecule has 0 N–H and O–H groups in total. The van der Waals surface area contributed by atoms with Gasteiger partial charge < -0.3 is 9.47 Å². The first-order chi connectivity index (χ1) is 8.27. The summed E-state index contributed by atoms with van der Waals surface area (Å²) in [6, 6.07) is 6.22. The molecule has 2 rings (SSSR count). The van der Waals surface area contributed by atoms with Gasteiger partial charge in [-0.2, -0.15) is 0 Å². The van der Waals surface area contributed by atoms with Crippen LogP contribution >= 0.6 is 0 Å². The molecule has 1 aromatic carbocycles. The topological polar surface area (TPSA) is 57.1 Å². The molecule has 0 amide bonds. The van der Waals surface area contributed by atoms with Crippen LogP contribution in [0.5, 0.6) is 11.6 Å². The second-order valence-electron chi connectivity index (χ2n) is 3.16. The van der Waals surface area contributed by atoms with E-state index in [1.54, 1.807) is 18.2 Å². The fraction of sp³-hybridized carbons (Fsp3) is 0.182. The van der Waals surface area contributed by atoms with Crippen molar-refractivity contribution in [1.82, 2.24) is 15.4 Å². The van der Waals surface area contributed by atoms with E-state index >= 15 is 0 Å². The predicted octanol–water partition coefficient (Wildman–Crippen LogP) is 1.69. The van der Waals surface area contributed by atoms with Crippen molar-refractivity contribution in [1.29, 1.82) is 0 Å². The smallest absolute Gasteiger partial charge is 0.280 e. The summed E-state index contributed by atoms with van der Waals surface area (Å²) in [6.45, 7) is 0. The minimum absolute atomic E-state index is 0.167. The predicted molar refractivity (Wildman–Crippen MR) is 58.3 cm³/mol. The molecule has 0 atom stereocenters. The monoisotopic (exact) mass is 235 g/mol. The zero-order chi connectivity index (χ0) is 12.3. The lowest BCUT2D eigenvalue weighted by Crippen LogP contribution is -2.01. The average Bonchev–Trinajstić information content (AvgIpc) is 2.38. The van der Waals surface area contributed by atoms with Crippen LogP contribution in [0.2, 0.25) is 0 Å². The van der Waals surface area contributed by atoms with Crippen LogP contribution < -0.4 is 9.47 Å².